The Hall–Kier alpha value is -2.52. The molecule has 1 heterocycles. The van der Waals surface area contributed by atoms with Crippen molar-refractivity contribution < 1.29 is 28.6 Å². The van der Waals surface area contributed by atoms with Crippen molar-refractivity contribution in [1.82, 2.24) is 0 Å². The van der Waals surface area contributed by atoms with Crippen LogP contribution in [0.4, 0.5) is 10.1 Å². The van der Waals surface area contributed by atoms with Crippen LogP contribution < -0.4 is 11.1 Å². The topological polar surface area (TPSA) is 123 Å². The van der Waals surface area contributed by atoms with Gasteiger partial charge in [-0.1, -0.05) is 0 Å². The van der Waals surface area contributed by atoms with Crippen LogP contribution in [0.15, 0.2) is 23.2 Å². The standard InChI is InChI=1S/C17H22FN3O3.CH2O2/c1-16(9-24-8-14(19)21-16)12-7-11(3-4-13(12)18)20-15(22)17(5-6-17)10-23-2;2-1-3/h3-4,7H,5-6,8-10H2,1-2H3,(H2,19,21)(H,20,22);1H,(H,2,3)/t16-;/m0./s1. The average Bonchev–Trinajstić information content (AvgIpc) is 3.38. The smallest absolute Gasteiger partial charge is 0.290 e. The molecule has 0 aromatic heterocycles. The third kappa shape index (κ3) is 4.81. The molecule has 4 N–H and O–H groups in total. The second kappa shape index (κ2) is 8.45. The Balaban J connectivity index is 0.000000817. The van der Waals surface area contributed by atoms with Gasteiger partial charge >= 0.3 is 0 Å². The minimum atomic E-state index is -0.906. The Bertz CT molecular complexity index is 736. The summed E-state index contributed by atoms with van der Waals surface area (Å²) in [5.74, 6) is -0.180. The van der Waals surface area contributed by atoms with Crippen LogP contribution >= 0.6 is 0 Å². The van der Waals surface area contributed by atoms with E-state index in [-0.39, 0.29) is 25.6 Å². The minimum Gasteiger partial charge on any atom is -0.483 e. The van der Waals surface area contributed by atoms with E-state index in [1.807, 2.05) is 0 Å². The van der Waals surface area contributed by atoms with Crippen molar-refractivity contribution in [3.63, 3.8) is 0 Å². The third-order valence-corrected chi connectivity index (χ3v) is 4.58. The van der Waals surface area contributed by atoms with Gasteiger partial charge in [0.1, 0.15) is 23.8 Å². The highest BCUT2D eigenvalue weighted by atomic mass is 19.1. The molecule has 1 aromatic carbocycles. The van der Waals surface area contributed by atoms with Crippen molar-refractivity contribution in [2.75, 3.05) is 32.2 Å². The summed E-state index contributed by atoms with van der Waals surface area (Å²) in [7, 11) is 1.58. The highest BCUT2D eigenvalue weighted by Gasteiger charge is 2.50. The van der Waals surface area contributed by atoms with Gasteiger partial charge in [0.25, 0.3) is 6.47 Å². The summed E-state index contributed by atoms with van der Waals surface area (Å²) in [5, 5.41) is 9.75. The second-order valence-corrected chi connectivity index (χ2v) is 6.84. The Morgan fingerprint density at radius 1 is 1.52 bits per heavy atom. The Labute approximate surface area is 156 Å². The number of ether oxygens (including phenoxy) is 2. The zero-order valence-electron chi connectivity index (χ0n) is 15.3. The molecule has 3 rings (SSSR count). The van der Waals surface area contributed by atoms with Gasteiger partial charge in [0.05, 0.1) is 18.6 Å². The number of carboxylic acid groups (broad SMARTS) is 1. The molecule has 148 valence electrons. The molecule has 0 radical (unpaired) electrons. The van der Waals surface area contributed by atoms with E-state index in [1.165, 1.54) is 6.07 Å². The zero-order valence-corrected chi connectivity index (χ0v) is 15.3. The third-order valence-electron chi connectivity index (χ3n) is 4.58. The predicted molar refractivity (Wildman–Crippen MR) is 97.1 cm³/mol. The number of halogens is 1. The summed E-state index contributed by atoms with van der Waals surface area (Å²) in [6, 6.07) is 4.47. The molecule has 0 saturated heterocycles. The van der Waals surface area contributed by atoms with E-state index in [9.17, 15) is 9.18 Å². The first-order chi connectivity index (χ1) is 12.8. The summed E-state index contributed by atoms with van der Waals surface area (Å²) in [4.78, 5) is 25.1. The van der Waals surface area contributed by atoms with E-state index in [1.54, 1.807) is 26.2 Å². The van der Waals surface area contributed by atoms with Gasteiger partial charge in [-0.2, -0.15) is 0 Å². The van der Waals surface area contributed by atoms with Crippen LogP contribution in [0.25, 0.3) is 0 Å². The van der Waals surface area contributed by atoms with Gasteiger partial charge in [-0.3, -0.25) is 14.6 Å². The van der Waals surface area contributed by atoms with Crippen molar-refractivity contribution in [3.8, 4) is 0 Å². The van der Waals surface area contributed by atoms with E-state index < -0.39 is 16.8 Å². The number of nitrogens with one attached hydrogen (secondary N) is 1. The highest BCUT2D eigenvalue weighted by molar-refractivity contribution is 5.97. The van der Waals surface area contributed by atoms with E-state index >= 15 is 0 Å². The van der Waals surface area contributed by atoms with Gasteiger partial charge in [-0.15, -0.1) is 0 Å². The van der Waals surface area contributed by atoms with Crippen molar-refractivity contribution in [1.29, 1.82) is 0 Å². The van der Waals surface area contributed by atoms with Gasteiger partial charge in [0, 0.05) is 18.4 Å². The van der Waals surface area contributed by atoms with Gasteiger partial charge in [-0.25, -0.2) is 4.39 Å². The van der Waals surface area contributed by atoms with Gasteiger partial charge < -0.3 is 25.6 Å². The zero-order chi connectivity index (χ0) is 20.1. The van der Waals surface area contributed by atoms with Crippen LogP contribution in [-0.4, -0.2) is 50.3 Å². The fourth-order valence-corrected chi connectivity index (χ4v) is 3.02. The molecule has 0 bridgehead atoms. The first kappa shape index (κ1) is 20.8. The molecule has 0 spiro atoms. The van der Waals surface area contributed by atoms with Crippen molar-refractivity contribution in [2.45, 2.75) is 25.3 Å². The number of hydrogen-bond donors (Lipinski definition) is 3. The fourth-order valence-electron chi connectivity index (χ4n) is 3.02. The van der Waals surface area contributed by atoms with Crippen LogP contribution in [0.1, 0.15) is 25.3 Å². The van der Waals surface area contributed by atoms with E-state index in [0.29, 0.717) is 23.7 Å². The molecule has 27 heavy (non-hydrogen) atoms. The van der Waals surface area contributed by atoms with Crippen molar-refractivity contribution in [3.05, 3.63) is 29.6 Å². The lowest BCUT2D eigenvalue weighted by atomic mass is 9.91. The number of amides is 1. The number of hydrogen-bond acceptors (Lipinski definition) is 6. The van der Waals surface area contributed by atoms with Crippen LogP contribution in [0.5, 0.6) is 0 Å². The number of rotatable bonds is 5. The maximum Gasteiger partial charge on any atom is 0.290 e. The van der Waals surface area contributed by atoms with Crippen LogP contribution in [-0.2, 0) is 24.6 Å². The van der Waals surface area contributed by atoms with Crippen LogP contribution in [0.2, 0.25) is 0 Å². The first-order valence-corrected chi connectivity index (χ1v) is 8.40. The number of carbonyl (C=O) groups is 2. The summed E-state index contributed by atoms with van der Waals surface area (Å²) in [5.41, 5.74) is 5.25. The molecule has 1 fully saturated rings. The van der Waals surface area contributed by atoms with Crippen LogP contribution in [0, 0.1) is 11.2 Å². The quantitative estimate of drug-likeness (QED) is 0.664. The first-order valence-electron chi connectivity index (χ1n) is 8.40. The molecular formula is C18H24FN3O5. The minimum absolute atomic E-state index is 0.102. The number of methoxy groups -OCH3 is 1. The largest absolute Gasteiger partial charge is 0.483 e. The Kier molecular flexibility index (Phi) is 6.50. The SMILES string of the molecule is COCC1(C(=O)Nc2ccc(F)c([C@]3(C)COCC(N)=N3)c2)CC1.O=CO. The summed E-state index contributed by atoms with van der Waals surface area (Å²) >= 11 is 0. The average molecular weight is 381 g/mol. The molecule has 1 aliphatic carbocycles. The van der Waals surface area contributed by atoms with Crippen LogP contribution in [0.3, 0.4) is 0 Å². The van der Waals surface area contributed by atoms with Crippen molar-refractivity contribution >= 4 is 23.9 Å². The predicted octanol–water partition coefficient (Wildman–Crippen LogP) is 1.49. The summed E-state index contributed by atoms with van der Waals surface area (Å²) in [6.07, 6.45) is 1.60. The molecule has 8 nitrogen and oxygen atoms in total. The number of nitrogens with zero attached hydrogens (tertiary/aromatic N) is 1. The van der Waals surface area contributed by atoms with Gasteiger partial charge in [-0.05, 0) is 38.0 Å². The van der Waals surface area contributed by atoms with E-state index in [2.05, 4.69) is 10.3 Å². The number of carbonyl (C=O) groups excluding carboxylic acids is 1. The Morgan fingerprint density at radius 3 is 2.74 bits per heavy atom. The molecular weight excluding hydrogens is 357 g/mol. The lowest BCUT2D eigenvalue weighted by molar-refractivity contribution is -0.123. The lowest BCUT2D eigenvalue weighted by Gasteiger charge is -2.30. The second-order valence-electron chi connectivity index (χ2n) is 6.84. The highest BCUT2D eigenvalue weighted by Crippen LogP contribution is 2.46. The lowest BCUT2D eigenvalue weighted by Crippen LogP contribution is -2.38. The number of nitrogens with two attached hydrogens (primary N) is 1. The van der Waals surface area contributed by atoms with Gasteiger partial charge in [0.2, 0.25) is 5.91 Å². The number of amidine groups is 1. The maximum absolute atomic E-state index is 14.3. The fraction of sp³-hybridized carbons (Fsp3) is 0.500. The molecule has 1 atom stereocenters. The molecule has 1 amide bonds. The molecule has 0 unspecified atom stereocenters. The molecule has 1 saturated carbocycles. The van der Waals surface area contributed by atoms with E-state index in [0.717, 1.165) is 12.8 Å². The maximum atomic E-state index is 14.3. The molecule has 1 aliphatic heterocycles. The number of aliphatic imine (C=N–C) groups is 1. The van der Waals surface area contributed by atoms with E-state index in [4.69, 9.17) is 25.1 Å². The number of benzene rings is 1. The molecule has 9 heteroatoms. The molecule has 1 aromatic rings. The number of anilines is 1. The van der Waals surface area contributed by atoms with Crippen molar-refractivity contribution in [2.24, 2.45) is 16.1 Å². The van der Waals surface area contributed by atoms with Gasteiger partial charge in [0.15, 0.2) is 0 Å². The molecule has 2 aliphatic rings. The normalized spacial score (nSPS) is 22.7. The monoisotopic (exact) mass is 381 g/mol. The summed E-state index contributed by atoms with van der Waals surface area (Å²) < 4.78 is 24.9. The Morgan fingerprint density at radius 2 is 2.19 bits per heavy atom. The summed E-state index contributed by atoms with van der Waals surface area (Å²) in [6.45, 7) is 2.37.